The van der Waals surface area contributed by atoms with Crippen molar-refractivity contribution in [2.45, 2.75) is 31.8 Å². The molecule has 1 aromatic heterocycles. The van der Waals surface area contributed by atoms with Crippen LogP contribution in [0.15, 0.2) is 109 Å². The van der Waals surface area contributed by atoms with Crippen molar-refractivity contribution >= 4 is 16.8 Å². The SMILES string of the molecule is CCn1cc(C(CC(=O)NC(c2ccccc2)c2ccccc2)c2ccc3c(c2)OCO3)c2ccccc21. The van der Waals surface area contributed by atoms with Crippen LogP contribution in [0.3, 0.4) is 0 Å². The van der Waals surface area contributed by atoms with Crippen molar-refractivity contribution in [3.63, 3.8) is 0 Å². The van der Waals surface area contributed by atoms with Crippen LogP contribution in [0, 0.1) is 0 Å². The van der Waals surface area contributed by atoms with Crippen LogP contribution in [0.2, 0.25) is 0 Å². The third-order valence-corrected chi connectivity index (χ3v) is 7.30. The van der Waals surface area contributed by atoms with Crippen LogP contribution < -0.4 is 14.8 Å². The third-order valence-electron chi connectivity index (χ3n) is 7.30. The van der Waals surface area contributed by atoms with Gasteiger partial charge >= 0.3 is 0 Å². The molecule has 0 spiro atoms. The number of rotatable bonds is 8. The summed E-state index contributed by atoms with van der Waals surface area (Å²) >= 11 is 0. The average Bonchev–Trinajstić information content (AvgIpc) is 3.60. The monoisotopic (exact) mass is 502 g/mol. The fraction of sp³-hybridized carbons (Fsp3) is 0.182. The fourth-order valence-corrected chi connectivity index (χ4v) is 5.41. The number of nitrogens with one attached hydrogen (secondary N) is 1. The molecule has 0 aliphatic carbocycles. The molecule has 1 N–H and O–H groups in total. The van der Waals surface area contributed by atoms with Crippen LogP contribution >= 0.6 is 0 Å². The molecule has 5 aromatic rings. The van der Waals surface area contributed by atoms with E-state index in [0.29, 0.717) is 6.42 Å². The van der Waals surface area contributed by atoms with E-state index >= 15 is 0 Å². The van der Waals surface area contributed by atoms with Crippen molar-refractivity contribution in [2.24, 2.45) is 0 Å². The minimum Gasteiger partial charge on any atom is -0.454 e. The van der Waals surface area contributed by atoms with E-state index in [4.69, 9.17) is 9.47 Å². The molecular formula is C33H30N2O3. The highest BCUT2D eigenvalue weighted by Gasteiger charge is 2.26. The van der Waals surface area contributed by atoms with Crippen molar-refractivity contribution in [2.75, 3.05) is 6.79 Å². The smallest absolute Gasteiger partial charge is 0.231 e. The molecule has 0 bridgehead atoms. The number of aryl methyl sites for hydroxylation is 1. The van der Waals surface area contributed by atoms with Gasteiger partial charge in [0.05, 0.1) is 6.04 Å². The maximum absolute atomic E-state index is 13.8. The standard InChI is InChI=1S/C33H30N2O3/c1-2-35-21-28(26-15-9-10-16-29(26)35)27(25-17-18-30-31(19-25)38-22-37-30)20-32(36)34-33(23-11-5-3-6-12-23)24-13-7-4-8-14-24/h3-19,21,27,33H,2,20,22H2,1H3,(H,34,36). The van der Waals surface area contributed by atoms with E-state index in [0.717, 1.165) is 45.7 Å². The molecule has 2 heterocycles. The van der Waals surface area contributed by atoms with E-state index in [1.807, 2.05) is 48.5 Å². The summed E-state index contributed by atoms with van der Waals surface area (Å²) in [5.74, 6) is 1.29. The van der Waals surface area contributed by atoms with Gasteiger partial charge in [-0.15, -0.1) is 0 Å². The van der Waals surface area contributed by atoms with Crippen LogP contribution in [0.4, 0.5) is 0 Å². The number of carbonyl (C=O) groups excluding carboxylic acids is 1. The van der Waals surface area contributed by atoms with E-state index < -0.39 is 0 Å². The Labute approximate surface area is 222 Å². The molecule has 1 atom stereocenters. The molecule has 38 heavy (non-hydrogen) atoms. The molecule has 0 radical (unpaired) electrons. The number of carbonyl (C=O) groups is 1. The number of amides is 1. The molecular weight excluding hydrogens is 472 g/mol. The second-order valence-electron chi connectivity index (χ2n) is 9.58. The number of fused-ring (bicyclic) bond motifs is 2. The van der Waals surface area contributed by atoms with Gasteiger partial charge in [-0.3, -0.25) is 4.79 Å². The zero-order valence-corrected chi connectivity index (χ0v) is 21.3. The minimum absolute atomic E-state index is 0.0151. The summed E-state index contributed by atoms with van der Waals surface area (Å²) in [6.07, 6.45) is 2.49. The van der Waals surface area contributed by atoms with Gasteiger partial charge in [-0.1, -0.05) is 84.9 Å². The highest BCUT2D eigenvalue weighted by molar-refractivity contribution is 5.87. The van der Waals surface area contributed by atoms with Gasteiger partial charge in [0.2, 0.25) is 12.7 Å². The second-order valence-corrected chi connectivity index (χ2v) is 9.58. The van der Waals surface area contributed by atoms with Crippen LogP contribution in [0.1, 0.15) is 47.6 Å². The van der Waals surface area contributed by atoms with Crippen molar-refractivity contribution in [1.82, 2.24) is 9.88 Å². The first-order valence-electron chi connectivity index (χ1n) is 13.1. The number of nitrogens with zero attached hydrogens (tertiary/aromatic N) is 1. The lowest BCUT2D eigenvalue weighted by Gasteiger charge is -2.23. The first-order chi connectivity index (χ1) is 18.7. The van der Waals surface area contributed by atoms with Crippen molar-refractivity contribution in [3.8, 4) is 11.5 Å². The van der Waals surface area contributed by atoms with Gasteiger partial charge in [0.25, 0.3) is 0 Å². The Morgan fingerprint density at radius 3 is 2.18 bits per heavy atom. The Bertz CT molecular complexity index is 1520. The van der Waals surface area contributed by atoms with E-state index in [9.17, 15) is 4.79 Å². The molecule has 1 unspecified atom stereocenters. The Morgan fingerprint density at radius 2 is 1.47 bits per heavy atom. The highest BCUT2D eigenvalue weighted by Crippen LogP contribution is 2.40. The Morgan fingerprint density at radius 1 is 0.816 bits per heavy atom. The molecule has 0 saturated heterocycles. The Balaban J connectivity index is 1.38. The summed E-state index contributed by atoms with van der Waals surface area (Å²) in [6.45, 7) is 3.21. The summed E-state index contributed by atoms with van der Waals surface area (Å²) in [7, 11) is 0. The molecule has 1 aliphatic heterocycles. The fourth-order valence-electron chi connectivity index (χ4n) is 5.41. The van der Waals surface area contributed by atoms with Crippen molar-refractivity contribution in [1.29, 1.82) is 0 Å². The quantitative estimate of drug-likeness (QED) is 0.253. The number of hydrogen-bond donors (Lipinski definition) is 1. The van der Waals surface area contributed by atoms with Crippen molar-refractivity contribution < 1.29 is 14.3 Å². The second kappa shape index (κ2) is 10.5. The van der Waals surface area contributed by atoms with Crippen LogP contribution in [0.25, 0.3) is 10.9 Å². The summed E-state index contributed by atoms with van der Waals surface area (Å²) in [5.41, 5.74) is 5.43. The van der Waals surface area contributed by atoms with Gasteiger partial charge < -0.3 is 19.4 Å². The lowest BCUT2D eigenvalue weighted by atomic mass is 9.87. The summed E-state index contributed by atoms with van der Waals surface area (Å²) in [5, 5.41) is 4.50. The predicted molar refractivity (Wildman–Crippen MR) is 150 cm³/mol. The molecule has 6 rings (SSSR count). The van der Waals surface area contributed by atoms with Gasteiger partial charge in [-0.2, -0.15) is 0 Å². The van der Waals surface area contributed by atoms with E-state index in [-0.39, 0.29) is 24.7 Å². The van der Waals surface area contributed by atoms with E-state index in [1.54, 1.807) is 0 Å². The first kappa shape index (κ1) is 23.9. The zero-order chi connectivity index (χ0) is 25.9. The highest BCUT2D eigenvalue weighted by atomic mass is 16.7. The third kappa shape index (κ3) is 4.63. The molecule has 5 heteroatoms. The Kier molecular flexibility index (Phi) is 6.57. The topological polar surface area (TPSA) is 52.5 Å². The molecule has 4 aromatic carbocycles. The lowest BCUT2D eigenvalue weighted by Crippen LogP contribution is -2.30. The summed E-state index contributed by atoms with van der Waals surface area (Å²) in [4.78, 5) is 13.8. The number of ether oxygens (including phenoxy) is 2. The summed E-state index contributed by atoms with van der Waals surface area (Å²) in [6, 6.07) is 34.4. The van der Waals surface area contributed by atoms with Gasteiger partial charge in [0, 0.05) is 36.0 Å². The van der Waals surface area contributed by atoms with Gasteiger partial charge in [0.1, 0.15) is 0 Å². The normalized spacial score (nSPS) is 13.1. The molecule has 1 aliphatic rings. The number of aromatic nitrogens is 1. The summed E-state index contributed by atoms with van der Waals surface area (Å²) < 4.78 is 13.5. The maximum atomic E-state index is 13.8. The average molecular weight is 503 g/mol. The molecule has 0 fully saturated rings. The van der Waals surface area contributed by atoms with Gasteiger partial charge in [0.15, 0.2) is 11.5 Å². The first-order valence-corrected chi connectivity index (χ1v) is 13.1. The molecule has 190 valence electrons. The molecule has 1 amide bonds. The van der Waals surface area contributed by atoms with Crippen LogP contribution in [0.5, 0.6) is 11.5 Å². The van der Waals surface area contributed by atoms with Gasteiger partial charge in [-0.05, 0) is 47.4 Å². The number of hydrogen-bond acceptors (Lipinski definition) is 3. The number of para-hydroxylation sites is 1. The zero-order valence-electron chi connectivity index (χ0n) is 21.3. The molecule has 0 saturated carbocycles. The van der Waals surface area contributed by atoms with E-state index in [1.165, 1.54) is 5.52 Å². The van der Waals surface area contributed by atoms with Crippen molar-refractivity contribution in [3.05, 3.63) is 132 Å². The minimum atomic E-state index is -0.237. The lowest BCUT2D eigenvalue weighted by molar-refractivity contribution is -0.121. The van der Waals surface area contributed by atoms with Crippen LogP contribution in [-0.2, 0) is 11.3 Å². The van der Waals surface area contributed by atoms with E-state index in [2.05, 4.69) is 77.6 Å². The largest absolute Gasteiger partial charge is 0.454 e. The predicted octanol–water partition coefficient (Wildman–Crippen LogP) is 6.82. The van der Waals surface area contributed by atoms with Gasteiger partial charge in [-0.25, -0.2) is 0 Å². The Hall–Kier alpha value is -4.51. The molecule has 5 nitrogen and oxygen atoms in total. The maximum Gasteiger partial charge on any atom is 0.231 e. The van der Waals surface area contributed by atoms with Crippen LogP contribution in [-0.4, -0.2) is 17.3 Å². The number of benzene rings is 4.